The van der Waals surface area contributed by atoms with Gasteiger partial charge in [0.05, 0.1) is 11.8 Å². The van der Waals surface area contributed by atoms with Crippen LogP contribution in [0, 0.1) is 0 Å². The fraction of sp³-hybridized carbons (Fsp3) is 0.222. The molecule has 6 heteroatoms. The molecule has 15 heavy (non-hydrogen) atoms. The molecule has 2 heterocycles. The Morgan fingerprint density at radius 3 is 2.60 bits per heavy atom. The Kier molecular flexibility index (Phi) is 2.03. The van der Waals surface area contributed by atoms with Gasteiger partial charge in [0.2, 0.25) is 0 Å². The standard InChI is InChI=1S/C9H10N4O2/c1-12-5-7(9(14)15)11-8(12)6-3-10-13(2)4-6/h3-5H,1-2H3,(H,14,15). The van der Waals surface area contributed by atoms with Gasteiger partial charge in [0, 0.05) is 26.5 Å². The summed E-state index contributed by atoms with van der Waals surface area (Å²) in [5, 5.41) is 12.8. The molecule has 0 aliphatic carbocycles. The molecule has 0 spiro atoms. The topological polar surface area (TPSA) is 72.9 Å². The smallest absolute Gasteiger partial charge is 0.356 e. The van der Waals surface area contributed by atoms with Crippen molar-refractivity contribution in [1.82, 2.24) is 19.3 Å². The highest BCUT2D eigenvalue weighted by Crippen LogP contribution is 2.16. The van der Waals surface area contributed by atoms with E-state index in [0.29, 0.717) is 5.82 Å². The van der Waals surface area contributed by atoms with E-state index in [9.17, 15) is 4.79 Å². The number of carboxylic acid groups (broad SMARTS) is 1. The van der Waals surface area contributed by atoms with Crippen LogP contribution < -0.4 is 0 Å². The molecule has 0 fully saturated rings. The molecule has 2 rings (SSSR count). The molecule has 2 aromatic heterocycles. The van der Waals surface area contributed by atoms with E-state index in [2.05, 4.69) is 10.1 Å². The van der Waals surface area contributed by atoms with Crippen LogP contribution in [0.2, 0.25) is 0 Å². The highest BCUT2D eigenvalue weighted by Gasteiger charge is 2.13. The van der Waals surface area contributed by atoms with Crippen LogP contribution >= 0.6 is 0 Å². The maximum atomic E-state index is 10.7. The third-order valence-corrected chi connectivity index (χ3v) is 2.06. The number of aryl methyl sites for hydroxylation is 2. The van der Waals surface area contributed by atoms with Gasteiger partial charge < -0.3 is 9.67 Å². The third kappa shape index (κ3) is 1.61. The van der Waals surface area contributed by atoms with E-state index in [1.54, 1.807) is 35.7 Å². The SMILES string of the molecule is Cn1cc(-c2nc(C(=O)O)cn2C)cn1. The van der Waals surface area contributed by atoms with Crippen molar-refractivity contribution in [2.75, 3.05) is 0 Å². The van der Waals surface area contributed by atoms with Crippen molar-refractivity contribution in [3.8, 4) is 11.4 Å². The molecule has 2 aromatic rings. The molecule has 0 aromatic carbocycles. The summed E-state index contributed by atoms with van der Waals surface area (Å²) in [6.45, 7) is 0. The van der Waals surface area contributed by atoms with Gasteiger partial charge in [-0.15, -0.1) is 0 Å². The lowest BCUT2D eigenvalue weighted by molar-refractivity contribution is 0.0691. The van der Waals surface area contributed by atoms with Crippen molar-refractivity contribution in [1.29, 1.82) is 0 Å². The van der Waals surface area contributed by atoms with Crippen molar-refractivity contribution < 1.29 is 9.90 Å². The Bertz CT molecular complexity index is 512. The van der Waals surface area contributed by atoms with Gasteiger partial charge in [0.15, 0.2) is 5.69 Å². The van der Waals surface area contributed by atoms with Gasteiger partial charge in [-0.3, -0.25) is 4.68 Å². The molecule has 6 nitrogen and oxygen atoms in total. The van der Waals surface area contributed by atoms with Crippen molar-refractivity contribution in [3.05, 3.63) is 24.3 Å². The Morgan fingerprint density at radius 2 is 2.13 bits per heavy atom. The molecule has 0 unspecified atom stereocenters. The number of hydrogen-bond acceptors (Lipinski definition) is 3. The molecule has 1 N–H and O–H groups in total. The van der Waals surface area contributed by atoms with Gasteiger partial charge in [0.25, 0.3) is 0 Å². The van der Waals surface area contributed by atoms with E-state index >= 15 is 0 Å². The number of hydrogen-bond donors (Lipinski definition) is 1. The third-order valence-electron chi connectivity index (χ3n) is 2.06. The van der Waals surface area contributed by atoms with Gasteiger partial charge in [-0.2, -0.15) is 5.10 Å². The maximum Gasteiger partial charge on any atom is 0.356 e. The average Bonchev–Trinajstić information content (AvgIpc) is 2.71. The number of carboxylic acids is 1. The van der Waals surface area contributed by atoms with E-state index in [4.69, 9.17) is 5.11 Å². The van der Waals surface area contributed by atoms with Gasteiger partial charge in [0.1, 0.15) is 5.82 Å². The van der Waals surface area contributed by atoms with Crippen molar-refractivity contribution in [2.24, 2.45) is 14.1 Å². The van der Waals surface area contributed by atoms with Crippen LogP contribution in [-0.4, -0.2) is 30.4 Å². The fourth-order valence-corrected chi connectivity index (χ4v) is 1.37. The lowest BCUT2D eigenvalue weighted by atomic mass is 10.3. The lowest BCUT2D eigenvalue weighted by Crippen LogP contribution is -1.95. The largest absolute Gasteiger partial charge is 0.476 e. The molecule has 0 aliphatic rings. The Balaban J connectivity index is 2.49. The zero-order valence-corrected chi connectivity index (χ0v) is 8.38. The minimum absolute atomic E-state index is 0.0383. The molecule has 0 bridgehead atoms. The number of rotatable bonds is 2. The first-order valence-electron chi connectivity index (χ1n) is 4.33. The molecule has 0 amide bonds. The molecule has 0 atom stereocenters. The number of aromatic nitrogens is 4. The zero-order valence-electron chi connectivity index (χ0n) is 8.38. The Morgan fingerprint density at radius 1 is 1.40 bits per heavy atom. The van der Waals surface area contributed by atoms with Crippen LogP contribution in [0.4, 0.5) is 0 Å². The first-order valence-corrected chi connectivity index (χ1v) is 4.33. The molecular weight excluding hydrogens is 196 g/mol. The summed E-state index contributed by atoms with van der Waals surface area (Å²) in [5.41, 5.74) is 0.837. The summed E-state index contributed by atoms with van der Waals surface area (Å²) in [7, 11) is 3.55. The van der Waals surface area contributed by atoms with Gasteiger partial charge in [-0.25, -0.2) is 9.78 Å². The number of aromatic carboxylic acids is 1. The van der Waals surface area contributed by atoms with Crippen LogP contribution in [0.25, 0.3) is 11.4 Å². The summed E-state index contributed by atoms with van der Waals surface area (Å²) < 4.78 is 3.31. The normalized spacial score (nSPS) is 10.5. The van der Waals surface area contributed by atoms with Gasteiger partial charge in [-0.1, -0.05) is 0 Å². The Hall–Kier alpha value is -2.11. The van der Waals surface area contributed by atoms with Crippen LogP contribution in [0.5, 0.6) is 0 Å². The minimum atomic E-state index is -1.03. The molecule has 0 saturated carbocycles. The first kappa shape index (κ1) is 9.45. The van der Waals surface area contributed by atoms with Crippen molar-refractivity contribution >= 4 is 5.97 Å². The zero-order chi connectivity index (χ0) is 11.0. The van der Waals surface area contributed by atoms with Gasteiger partial charge in [-0.05, 0) is 0 Å². The highest BCUT2D eigenvalue weighted by atomic mass is 16.4. The maximum absolute atomic E-state index is 10.7. The molecular formula is C9H10N4O2. The minimum Gasteiger partial charge on any atom is -0.476 e. The van der Waals surface area contributed by atoms with E-state index in [0.717, 1.165) is 5.56 Å². The Labute approximate surface area is 85.8 Å². The van der Waals surface area contributed by atoms with E-state index in [1.807, 2.05) is 0 Å². The van der Waals surface area contributed by atoms with Gasteiger partial charge >= 0.3 is 5.97 Å². The van der Waals surface area contributed by atoms with Crippen LogP contribution in [0.15, 0.2) is 18.6 Å². The quantitative estimate of drug-likeness (QED) is 0.777. The van der Waals surface area contributed by atoms with Crippen molar-refractivity contribution in [2.45, 2.75) is 0 Å². The molecule has 0 aliphatic heterocycles. The monoisotopic (exact) mass is 206 g/mol. The second-order valence-electron chi connectivity index (χ2n) is 3.27. The molecule has 0 saturated heterocycles. The second-order valence-corrected chi connectivity index (χ2v) is 3.27. The summed E-state index contributed by atoms with van der Waals surface area (Å²) in [6.07, 6.45) is 4.91. The summed E-state index contributed by atoms with van der Waals surface area (Å²) >= 11 is 0. The van der Waals surface area contributed by atoms with Crippen molar-refractivity contribution in [3.63, 3.8) is 0 Å². The fourth-order valence-electron chi connectivity index (χ4n) is 1.37. The number of imidazole rings is 1. The second kappa shape index (κ2) is 3.23. The van der Waals surface area contributed by atoms with E-state index in [1.165, 1.54) is 6.20 Å². The average molecular weight is 206 g/mol. The highest BCUT2D eigenvalue weighted by molar-refractivity contribution is 5.86. The number of nitrogens with zero attached hydrogens (tertiary/aromatic N) is 4. The molecule has 78 valence electrons. The predicted octanol–water partition coefficient (Wildman–Crippen LogP) is 0.519. The van der Waals surface area contributed by atoms with Crippen LogP contribution in [0.1, 0.15) is 10.5 Å². The van der Waals surface area contributed by atoms with Crippen LogP contribution in [0.3, 0.4) is 0 Å². The molecule has 0 radical (unpaired) electrons. The lowest BCUT2D eigenvalue weighted by Gasteiger charge is -1.95. The van der Waals surface area contributed by atoms with Crippen LogP contribution in [-0.2, 0) is 14.1 Å². The van der Waals surface area contributed by atoms with E-state index in [-0.39, 0.29) is 5.69 Å². The summed E-state index contributed by atoms with van der Waals surface area (Å²) in [5.74, 6) is -0.429. The number of carbonyl (C=O) groups is 1. The van der Waals surface area contributed by atoms with E-state index < -0.39 is 5.97 Å². The summed E-state index contributed by atoms with van der Waals surface area (Å²) in [4.78, 5) is 14.7. The first-order chi connectivity index (χ1) is 7.08. The predicted molar refractivity (Wildman–Crippen MR) is 52.4 cm³/mol. The summed E-state index contributed by atoms with van der Waals surface area (Å²) in [6, 6.07) is 0.